The van der Waals surface area contributed by atoms with Gasteiger partial charge < -0.3 is 9.30 Å². The molecule has 0 saturated carbocycles. The maximum atomic E-state index is 13.3. The first-order valence-corrected chi connectivity index (χ1v) is 13.6. The number of aromatic nitrogens is 1. The van der Waals surface area contributed by atoms with Crippen LogP contribution in [0.1, 0.15) is 28.1 Å². The molecule has 4 aromatic rings. The second kappa shape index (κ2) is 11.2. The Kier molecular flexibility index (Phi) is 7.65. The van der Waals surface area contributed by atoms with Crippen LogP contribution in [0.4, 0.5) is 10.5 Å². The van der Waals surface area contributed by atoms with E-state index in [1.807, 2.05) is 79.9 Å². The fourth-order valence-corrected chi connectivity index (χ4v) is 4.98. The predicted molar refractivity (Wildman–Crippen MR) is 159 cm³/mol. The molecule has 0 unspecified atom stereocenters. The van der Waals surface area contributed by atoms with Crippen molar-refractivity contribution in [1.82, 2.24) is 9.88 Å². The molecule has 0 aliphatic carbocycles. The van der Waals surface area contributed by atoms with Gasteiger partial charge in [0, 0.05) is 26.6 Å². The van der Waals surface area contributed by atoms with Crippen LogP contribution in [0.5, 0.6) is 5.75 Å². The summed E-state index contributed by atoms with van der Waals surface area (Å²) in [5, 5.41) is 2.67. The number of carbonyl (C=O) groups excluding carboxylic acids is 3. The van der Waals surface area contributed by atoms with Gasteiger partial charge in [-0.15, -0.1) is 0 Å². The molecule has 9 heteroatoms. The summed E-state index contributed by atoms with van der Waals surface area (Å²) in [5.74, 6) is -0.728. The Balaban J connectivity index is 1.40. The SMILES string of the molecule is Cc1ccc(N2C(=O)NC(=O)/C(=C/c3cc(C)n(-c4ccc(OCc5ccc(Br)cc5)cc4)c3C)C2=O)cc1Cl. The molecule has 1 aliphatic rings. The van der Waals surface area contributed by atoms with Gasteiger partial charge in [0.1, 0.15) is 17.9 Å². The van der Waals surface area contributed by atoms with Crippen molar-refractivity contribution in [3.8, 4) is 11.4 Å². The van der Waals surface area contributed by atoms with Gasteiger partial charge >= 0.3 is 6.03 Å². The number of halogens is 2. The van der Waals surface area contributed by atoms with E-state index in [2.05, 4.69) is 21.2 Å². The summed E-state index contributed by atoms with van der Waals surface area (Å²) in [5.41, 5.74) is 5.33. The molecule has 1 N–H and O–H groups in total. The summed E-state index contributed by atoms with van der Waals surface area (Å²) >= 11 is 9.65. The van der Waals surface area contributed by atoms with Crippen LogP contribution >= 0.6 is 27.5 Å². The minimum Gasteiger partial charge on any atom is -0.489 e. The molecule has 1 aliphatic heterocycles. The maximum Gasteiger partial charge on any atom is 0.335 e. The van der Waals surface area contributed by atoms with Gasteiger partial charge in [0.2, 0.25) is 0 Å². The van der Waals surface area contributed by atoms with Gasteiger partial charge in [0.15, 0.2) is 0 Å². The number of anilines is 1. The van der Waals surface area contributed by atoms with Gasteiger partial charge in [0.25, 0.3) is 11.8 Å². The van der Waals surface area contributed by atoms with Crippen LogP contribution in [0, 0.1) is 20.8 Å². The normalized spacial score (nSPS) is 14.6. The molecule has 0 radical (unpaired) electrons. The molecule has 202 valence electrons. The first kappa shape index (κ1) is 27.4. The minimum atomic E-state index is -0.819. The highest BCUT2D eigenvalue weighted by molar-refractivity contribution is 9.10. The molecule has 1 saturated heterocycles. The number of carbonyl (C=O) groups is 3. The molecule has 5 rings (SSSR count). The van der Waals surface area contributed by atoms with Crippen LogP contribution in [-0.2, 0) is 16.2 Å². The number of amides is 4. The second-order valence-electron chi connectivity index (χ2n) is 9.46. The topological polar surface area (TPSA) is 80.6 Å². The molecule has 0 atom stereocenters. The maximum absolute atomic E-state index is 13.3. The average molecular weight is 619 g/mol. The zero-order chi connectivity index (χ0) is 28.6. The van der Waals surface area contributed by atoms with E-state index in [0.29, 0.717) is 17.2 Å². The number of imide groups is 2. The summed E-state index contributed by atoms with van der Waals surface area (Å²) in [6.07, 6.45) is 1.52. The Labute approximate surface area is 245 Å². The van der Waals surface area contributed by atoms with Gasteiger partial charge in [-0.05, 0) is 98.1 Å². The summed E-state index contributed by atoms with van der Waals surface area (Å²) in [7, 11) is 0. The van der Waals surface area contributed by atoms with Gasteiger partial charge in [-0.2, -0.15) is 0 Å². The third-order valence-corrected chi connectivity index (χ3v) is 7.63. The number of urea groups is 1. The smallest absolute Gasteiger partial charge is 0.335 e. The monoisotopic (exact) mass is 617 g/mol. The lowest BCUT2D eigenvalue weighted by Crippen LogP contribution is -2.54. The van der Waals surface area contributed by atoms with Crippen LogP contribution in [0.2, 0.25) is 5.02 Å². The van der Waals surface area contributed by atoms with Crippen molar-refractivity contribution < 1.29 is 19.1 Å². The third kappa shape index (κ3) is 5.46. The summed E-state index contributed by atoms with van der Waals surface area (Å²) < 4.78 is 8.97. The standard InChI is InChI=1S/C31H25BrClN3O4/c1-18-4-9-25(16-28(18)33)36-30(38)27(29(37)34-31(36)39)15-22-14-19(2)35(20(22)3)24-10-12-26(13-11-24)40-17-21-5-7-23(32)8-6-21/h4-16H,17H2,1-3H3,(H,34,37,39)/b27-15-. The van der Waals surface area contributed by atoms with Crippen LogP contribution in [0.15, 0.2) is 82.8 Å². The zero-order valence-corrected chi connectivity index (χ0v) is 24.3. The summed E-state index contributed by atoms with van der Waals surface area (Å²) in [4.78, 5) is 39.6. The van der Waals surface area contributed by atoms with Crippen molar-refractivity contribution in [3.63, 3.8) is 0 Å². The van der Waals surface area contributed by atoms with Crippen molar-refractivity contribution in [2.45, 2.75) is 27.4 Å². The lowest BCUT2D eigenvalue weighted by molar-refractivity contribution is -0.122. The van der Waals surface area contributed by atoms with Crippen molar-refractivity contribution in [2.75, 3.05) is 4.90 Å². The highest BCUT2D eigenvalue weighted by atomic mass is 79.9. The van der Waals surface area contributed by atoms with E-state index in [9.17, 15) is 14.4 Å². The van der Waals surface area contributed by atoms with Crippen LogP contribution in [-0.4, -0.2) is 22.4 Å². The Morgan fingerprint density at radius 2 is 1.57 bits per heavy atom. The van der Waals surface area contributed by atoms with E-state index >= 15 is 0 Å². The van der Waals surface area contributed by atoms with Crippen LogP contribution in [0.3, 0.4) is 0 Å². The van der Waals surface area contributed by atoms with Crippen molar-refractivity contribution >= 4 is 57.1 Å². The van der Waals surface area contributed by atoms with Gasteiger partial charge in [-0.3, -0.25) is 14.9 Å². The van der Waals surface area contributed by atoms with E-state index in [1.54, 1.807) is 12.1 Å². The number of hydrogen-bond acceptors (Lipinski definition) is 4. The Morgan fingerprint density at radius 1 is 0.900 bits per heavy atom. The Morgan fingerprint density at radius 3 is 2.25 bits per heavy atom. The Bertz CT molecular complexity index is 1670. The average Bonchev–Trinajstić information content (AvgIpc) is 3.20. The molecule has 2 heterocycles. The first-order chi connectivity index (χ1) is 19.1. The predicted octanol–water partition coefficient (Wildman–Crippen LogP) is 7.06. The van der Waals surface area contributed by atoms with E-state index in [1.165, 1.54) is 12.1 Å². The van der Waals surface area contributed by atoms with Gasteiger partial charge in [-0.25, -0.2) is 9.69 Å². The number of barbiturate groups is 1. The number of ether oxygens (including phenoxy) is 1. The number of rotatable bonds is 6. The second-order valence-corrected chi connectivity index (χ2v) is 10.8. The summed E-state index contributed by atoms with van der Waals surface area (Å²) in [6, 6.07) is 21.6. The van der Waals surface area contributed by atoms with Crippen molar-refractivity contribution in [2.24, 2.45) is 0 Å². The third-order valence-electron chi connectivity index (χ3n) is 6.70. The highest BCUT2D eigenvalue weighted by Crippen LogP contribution is 2.29. The molecule has 1 aromatic heterocycles. The van der Waals surface area contributed by atoms with Crippen LogP contribution in [0.25, 0.3) is 11.8 Å². The molecule has 4 amide bonds. The molecule has 40 heavy (non-hydrogen) atoms. The summed E-state index contributed by atoms with van der Waals surface area (Å²) in [6.45, 7) is 6.13. The molecule has 0 bridgehead atoms. The molecule has 7 nitrogen and oxygen atoms in total. The quantitative estimate of drug-likeness (QED) is 0.185. The van der Waals surface area contributed by atoms with E-state index in [4.69, 9.17) is 16.3 Å². The van der Waals surface area contributed by atoms with Gasteiger partial charge in [-0.1, -0.05) is 45.7 Å². The largest absolute Gasteiger partial charge is 0.489 e. The molecule has 1 fully saturated rings. The van der Waals surface area contributed by atoms with E-state index < -0.39 is 17.8 Å². The van der Waals surface area contributed by atoms with Crippen molar-refractivity contribution in [1.29, 1.82) is 0 Å². The number of benzene rings is 3. The lowest BCUT2D eigenvalue weighted by atomic mass is 10.1. The van der Waals surface area contributed by atoms with Crippen LogP contribution < -0.4 is 15.0 Å². The fourth-order valence-electron chi connectivity index (χ4n) is 4.54. The fraction of sp³-hybridized carbons (Fsp3) is 0.129. The number of aryl methyl sites for hydroxylation is 2. The van der Waals surface area contributed by atoms with Gasteiger partial charge in [0.05, 0.1) is 5.69 Å². The minimum absolute atomic E-state index is 0.145. The van der Waals surface area contributed by atoms with E-state index in [-0.39, 0.29) is 11.3 Å². The number of nitrogens with zero attached hydrogens (tertiary/aromatic N) is 2. The number of hydrogen-bond donors (Lipinski definition) is 1. The highest BCUT2D eigenvalue weighted by Gasteiger charge is 2.37. The lowest BCUT2D eigenvalue weighted by Gasteiger charge is -2.26. The first-order valence-electron chi connectivity index (χ1n) is 12.5. The van der Waals surface area contributed by atoms with E-state index in [0.717, 1.165) is 43.3 Å². The van der Waals surface area contributed by atoms with Crippen molar-refractivity contribution in [3.05, 3.63) is 116 Å². The molecular weight excluding hydrogens is 594 g/mol. The number of nitrogens with one attached hydrogen (secondary N) is 1. The molecular formula is C31H25BrClN3O4. The molecule has 3 aromatic carbocycles. The molecule has 0 spiro atoms. The Hall–Kier alpha value is -4.14. The zero-order valence-electron chi connectivity index (χ0n) is 22.0.